The van der Waals surface area contributed by atoms with Gasteiger partial charge in [-0.25, -0.2) is 4.68 Å². The maximum Gasteiger partial charge on any atom is 0.154 e. The number of aryl methyl sites for hydroxylation is 1. The number of aromatic nitrogens is 3. The lowest BCUT2D eigenvalue weighted by molar-refractivity contribution is 0.0250. The molecule has 6 heteroatoms. The zero-order valence-electron chi connectivity index (χ0n) is 6.77. The topological polar surface area (TPSA) is 71.2 Å². The maximum absolute atomic E-state index is 9.47. The van der Waals surface area contributed by atoms with E-state index >= 15 is 0 Å². The molecule has 0 aliphatic rings. The van der Waals surface area contributed by atoms with Crippen molar-refractivity contribution in [2.24, 2.45) is 7.05 Å². The Morgan fingerprint density at radius 2 is 2.08 bits per heavy atom. The van der Waals surface area contributed by atoms with E-state index in [1.165, 1.54) is 11.6 Å². The summed E-state index contributed by atoms with van der Waals surface area (Å²) in [5.74, 6) is 0. The summed E-state index contributed by atoms with van der Waals surface area (Å²) in [7, 11) is 1.65. The molecule has 1 aromatic heterocycles. The summed E-state index contributed by atoms with van der Waals surface area (Å²) in [6.45, 7) is 1.50. The van der Waals surface area contributed by atoms with Gasteiger partial charge >= 0.3 is 0 Å². The number of nitrogens with zero attached hydrogens (tertiary/aromatic N) is 3. The quantitative estimate of drug-likeness (QED) is 0.757. The summed E-state index contributed by atoms with van der Waals surface area (Å²) < 4.78 is 1.87. The first-order valence-electron chi connectivity index (χ1n) is 3.45. The van der Waals surface area contributed by atoms with Crippen molar-refractivity contribution in [3.63, 3.8) is 0 Å². The Morgan fingerprint density at radius 3 is 2.42 bits per heavy atom. The van der Waals surface area contributed by atoms with Crippen LogP contribution in [0.2, 0.25) is 0 Å². The third-order valence-corrected chi connectivity index (χ3v) is 2.13. The molecule has 0 amide bonds. The molecule has 0 spiro atoms. The Morgan fingerprint density at radius 1 is 1.50 bits per heavy atom. The summed E-state index contributed by atoms with van der Waals surface area (Å²) in [5, 5.41) is 25.9. The predicted octanol–water partition coefficient (Wildman–Crippen LogP) is -0.00820. The number of aliphatic hydroxyl groups is 2. The van der Waals surface area contributed by atoms with Crippen LogP contribution in [0.15, 0.2) is 4.60 Å². The van der Waals surface area contributed by atoms with Gasteiger partial charge in [-0.3, -0.25) is 0 Å². The van der Waals surface area contributed by atoms with Crippen molar-refractivity contribution >= 4 is 15.9 Å². The van der Waals surface area contributed by atoms with Crippen LogP contribution in [0.4, 0.5) is 0 Å². The summed E-state index contributed by atoms with van der Waals surface area (Å²) in [4.78, 5) is 0. The number of hydrogen-bond acceptors (Lipinski definition) is 4. The standard InChI is InChI=1S/C6H10BrN3O2/c1-3(11)5(12)4-6(7)8-9-10(4)2/h3,5,11-12H,1-2H3. The molecule has 0 aliphatic heterocycles. The first kappa shape index (κ1) is 9.63. The number of rotatable bonds is 2. The van der Waals surface area contributed by atoms with Gasteiger partial charge in [0, 0.05) is 7.05 Å². The zero-order valence-corrected chi connectivity index (χ0v) is 8.35. The van der Waals surface area contributed by atoms with Gasteiger partial charge in [-0.2, -0.15) is 0 Å². The van der Waals surface area contributed by atoms with E-state index in [0.717, 1.165) is 0 Å². The number of halogens is 1. The second-order valence-electron chi connectivity index (χ2n) is 2.57. The van der Waals surface area contributed by atoms with Crippen LogP contribution in [0.5, 0.6) is 0 Å². The third-order valence-electron chi connectivity index (χ3n) is 1.56. The Balaban J connectivity index is 3.00. The second-order valence-corrected chi connectivity index (χ2v) is 3.33. The Kier molecular flexibility index (Phi) is 2.81. The van der Waals surface area contributed by atoms with Crippen molar-refractivity contribution in [2.75, 3.05) is 0 Å². The van der Waals surface area contributed by atoms with Crippen molar-refractivity contribution in [1.82, 2.24) is 15.0 Å². The molecular formula is C6H10BrN3O2. The molecule has 0 fully saturated rings. The van der Waals surface area contributed by atoms with Crippen molar-refractivity contribution in [3.8, 4) is 0 Å². The molecule has 2 N–H and O–H groups in total. The van der Waals surface area contributed by atoms with E-state index in [-0.39, 0.29) is 0 Å². The van der Waals surface area contributed by atoms with Gasteiger partial charge in [-0.15, -0.1) is 5.10 Å². The molecule has 68 valence electrons. The third kappa shape index (κ3) is 1.65. The van der Waals surface area contributed by atoms with Crippen LogP contribution >= 0.6 is 15.9 Å². The first-order chi connectivity index (χ1) is 5.54. The molecular weight excluding hydrogens is 226 g/mol. The number of hydrogen-bond donors (Lipinski definition) is 2. The summed E-state index contributed by atoms with van der Waals surface area (Å²) >= 11 is 3.12. The van der Waals surface area contributed by atoms with Crippen LogP contribution in [0.3, 0.4) is 0 Å². The van der Waals surface area contributed by atoms with Gasteiger partial charge in [0.05, 0.1) is 6.10 Å². The fourth-order valence-electron chi connectivity index (χ4n) is 0.881. The van der Waals surface area contributed by atoms with E-state index in [9.17, 15) is 5.11 Å². The predicted molar refractivity (Wildman–Crippen MR) is 45.3 cm³/mol. The fraction of sp³-hybridized carbons (Fsp3) is 0.667. The lowest BCUT2D eigenvalue weighted by atomic mass is 10.2. The van der Waals surface area contributed by atoms with Crippen LogP contribution < -0.4 is 0 Å². The summed E-state index contributed by atoms with van der Waals surface area (Å²) in [6.07, 6.45) is -1.79. The minimum Gasteiger partial charge on any atom is -0.390 e. The van der Waals surface area contributed by atoms with Gasteiger partial charge in [0.2, 0.25) is 0 Å². The molecule has 12 heavy (non-hydrogen) atoms. The zero-order chi connectivity index (χ0) is 9.30. The van der Waals surface area contributed by atoms with E-state index in [4.69, 9.17) is 5.11 Å². The van der Waals surface area contributed by atoms with Crippen molar-refractivity contribution in [3.05, 3.63) is 10.3 Å². The molecule has 0 aliphatic carbocycles. The van der Waals surface area contributed by atoms with Crippen LogP contribution in [0, 0.1) is 0 Å². The molecule has 0 radical (unpaired) electrons. The highest BCUT2D eigenvalue weighted by molar-refractivity contribution is 9.10. The van der Waals surface area contributed by atoms with Crippen LogP contribution in [0.1, 0.15) is 18.7 Å². The monoisotopic (exact) mass is 235 g/mol. The van der Waals surface area contributed by atoms with Crippen LogP contribution in [-0.2, 0) is 7.05 Å². The lowest BCUT2D eigenvalue weighted by Crippen LogP contribution is -2.17. The highest BCUT2D eigenvalue weighted by Crippen LogP contribution is 2.22. The molecule has 5 nitrogen and oxygen atoms in total. The highest BCUT2D eigenvalue weighted by Gasteiger charge is 2.21. The average Bonchev–Trinajstić information content (AvgIpc) is 2.30. The van der Waals surface area contributed by atoms with E-state index in [1.54, 1.807) is 7.05 Å². The maximum atomic E-state index is 9.47. The van der Waals surface area contributed by atoms with E-state index in [0.29, 0.717) is 10.3 Å². The van der Waals surface area contributed by atoms with E-state index in [2.05, 4.69) is 26.2 Å². The molecule has 1 aromatic rings. The molecule has 0 aromatic carbocycles. The van der Waals surface area contributed by atoms with Gasteiger partial charge in [0.15, 0.2) is 4.60 Å². The highest BCUT2D eigenvalue weighted by atomic mass is 79.9. The van der Waals surface area contributed by atoms with E-state index in [1.807, 2.05) is 0 Å². The molecule has 1 heterocycles. The Bertz CT molecular complexity index is 254. The largest absolute Gasteiger partial charge is 0.390 e. The Hall–Kier alpha value is -0.460. The molecule has 0 saturated heterocycles. The van der Waals surface area contributed by atoms with E-state index < -0.39 is 12.2 Å². The molecule has 2 unspecified atom stereocenters. The van der Waals surface area contributed by atoms with Gasteiger partial charge in [-0.05, 0) is 22.9 Å². The molecule has 2 atom stereocenters. The normalized spacial score (nSPS) is 16.1. The van der Waals surface area contributed by atoms with Gasteiger partial charge in [-0.1, -0.05) is 5.21 Å². The summed E-state index contributed by atoms with van der Waals surface area (Å²) in [5.41, 5.74) is 0.477. The van der Waals surface area contributed by atoms with Crippen molar-refractivity contribution in [1.29, 1.82) is 0 Å². The van der Waals surface area contributed by atoms with Crippen LogP contribution in [-0.4, -0.2) is 31.3 Å². The Labute approximate surface area is 78.1 Å². The van der Waals surface area contributed by atoms with Gasteiger partial charge < -0.3 is 10.2 Å². The number of aliphatic hydroxyl groups excluding tert-OH is 2. The molecule has 1 rings (SSSR count). The second kappa shape index (κ2) is 3.51. The van der Waals surface area contributed by atoms with Crippen molar-refractivity contribution < 1.29 is 10.2 Å². The van der Waals surface area contributed by atoms with Gasteiger partial charge in [0.1, 0.15) is 11.8 Å². The van der Waals surface area contributed by atoms with Crippen LogP contribution in [0.25, 0.3) is 0 Å². The minimum absolute atomic E-state index is 0.457. The van der Waals surface area contributed by atoms with Crippen molar-refractivity contribution in [2.45, 2.75) is 19.1 Å². The van der Waals surface area contributed by atoms with Gasteiger partial charge in [0.25, 0.3) is 0 Å². The molecule has 0 saturated carbocycles. The average molecular weight is 236 g/mol. The minimum atomic E-state index is -0.959. The lowest BCUT2D eigenvalue weighted by Gasteiger charge is -2.12. The summed E-state index contributed by atoms with van der Waals surface area (Å²) in [6, 6.07) is 0. The first-order valence-corrected chi connectivity index (χ1v) is 4.24. The fourth-order valence-corrected chi connectivity index (χ4v) is 1.44. The smallest absolute Gasteiger partial charge is 0.154 e. The molecule has 0 bridgehead atoms. The SMILES string of the molecule is CC(O)C(O)c1c(Br)nnn1C.